The maximum Gasteiger partial charge on any atom is 0.239 e. The SMILES string of the molecule is Cl.Cl.O=C([C@H]1C[C@H](F)CN1)N1CCC(c2c[nH]c3ncccc23)CC1. The molecule has 4 rings (SSSR count). The topological polar surface area (TPSA) is 61.0 Å². The minimum Gasteiger partial charge on any atom is -0.346 e. The van der Waals surface area contributed by atoms with Gasteiger partial charge in [0.05, 0.1) is 6.04 Å². The summed E-state index contributed by atoms with van der Waals surface area (Å²) in [7, 11) is 0. The van der Waals surface area contributed by atoms with E-state index in [0.29, 0.717) is 18.9 Å². The van der Waals surface area contributed by atoms with E-state index in [9.17, 15) is 9.18 Å². The van der Waals surface area contributed by atoms with E-state index in [1.54, 1.807) is 6.20 Å². The van der Waals surface area contributed by atoms with Crippen LogP contribution in [0.4, 0.5) is 4.39 Å². The zero-order chi connectivity index (χ0) is 15.8. The number of carbonyl (C=O) groups is 1. The second kappa shape index (κ2) is 8.34. The first-order valence-electron chi connectivity index (χ1n) is 8.30. The summed E-state index contributed by atoms with van der Waals surface area (Å²) >= 11 is 0. The maximum atomic E-state index is 13.3. The van der Waals surface area contributed by atoms with Gasteiger partial charge in [0.2, 0.25) is 5.91 Å². The highest BCUT2D eigenvalue weighted by Crippen LogP contribution is 2.32. The normalized spacial score (nSPS) is 24.0. The van der Waals surface area contributed by atoms with Crippen molar-refractivity contribution in [3.63, 3.8) is 0 Å². The Bertz CT molecular complexity index is 717. The molecular weight excluding hydrogens is 366 g/mol. The van der Waals surface area contributed by atoms with Crippen molar-refractivity contribution < 1.29 is 9.18 Å². The van der Waals surface area contributed by atoms with E-state index in [-0.39, 0.29) is 36.8 Å². The second-order valence-electron chi connectivity index (χ2n) is 6.54. The van der Waals surface area contributed by atoms with Crippen molar-refractivity contribution in [2.75, 3.05) is 19.6 Å². The van der Waals surface area contributed by atoms with Gasteiger partial charge in [-0.05, 0) is 36.5 Å². The van der Waals surface area contributed by atoms with Gasteiger partial charge in [0.15, 0.2) is 0 Å². The van der Waals surface area contributed by atoms with E-state index in [0.717, 1.165) is 31.6 Å². The van der Waals surface area contributed by atoms with Crippen LogP contribution in [-0.2, 0) is 4.79 Å². The van der Waals surface area contributed by atoms with Crippen molar-refractivity contribution in [3.8, 4) is 0 Å². The van der Waals surface area contributed by atoms with E-state index in [4.69, 9.17) is 0 Å². The molecule has 0 bridgehead atoms. The van der Waals surface area contributed by atoms with Crippen molar-refractivity contribution in [3.05, 3.63) is 30.1 Å². The van der Waals surface area contributed by atoms with Crippen molar-refractivity contribution in [1.82, 2.24) is 20.2 Å². The average molecular weight is 389 g/mol. The van der Waals surface area contributed by atoms with Gasteiger partial charge >= 0.3 is 0 Å². The Morgan fingerprint density at radius 2 is 2.04 bits per heavy atom. The van der Waals surface area contributed by atoms with E-state index in [1.807, 2.05) is 17.2 Å². The summed E-state index contributed by atoms with van der Waals surface area (Å²) in [5.74, 6) is 0.506. The number of hydrogen-bond donors (Lipinski definition) is 2. The van der Waals surface area contributed by atoms with Gasteiger partial charge in [0, 0.05) is 43.8 Å². The Balaban J connectivity index is 0.00000113. The van der Waals surface area contributed by atoms with Crippen molar-refractivity contribution >= 4 is 41.8 Å². The lowest BCUT2D eigenvalue weighted by molar-refractivity contribution is -0.134. The van der Waals surface area contributed by atoms with Crippen LogP contribution in [-0.4, -0.2) is 52.6 Å². The first kappa shape index (κ1) is 19.9. The van der Waals surface area contributed by atoms with Crippen LogP contribution in [0.2, 0.25) is 0 Å². The Morgan fingerprint density at radius 3 is 2.72 bits per heavy atom. The third-order valence-corrected chi connectivity index (χ3v) is 5.10. The molecule has 1 amide bonds. The molecule has 2 saturated heterocycles. The quantitative estimate of drug-likeness (QED) is 0.831. The molecule has 2 N–H and O–H groups in total. The van der Waals surface area contributed by atoms with Crippen LogP contribution in [0.15, 0.2) is 24.5 Å². The van der Waals surface area contributed by atoms with Gasteiger partial charge in [-0.1, -0.05) is 0 Å². The largest absolute Gasteiger partial charge is 0.346 e. The van der Waals surface area contributed by atoms with Crippen LogP contribution in [0, 0.1) is 0 Å². The number of nitrogens with one attached hydrogen (secondary N) is 2. The van der Waals surface area contributed by atoms with Gasteiger partial charge in [-0.2, -0.15) is 0 Å². The molecule has 2 aliphatic heterocycles. The van der Waals surface area contributed by atoms with Crippen molar-refractivity contribution in [1.29, 1.82) is 0 Å². The molecule has 2 atom stereocenters. The summed E-state index contributed by atoms with van der Waals surface area (Å²) in [6.45, 7) is 1.78. The lowest BCUT2D eigenvalue weighted by Crippen LogP contribution is -2.46. The Kier molecular flexibility index (Phi) is 6.65. The molecule has 138 valence electrons. The zero-order valence-electron chi connectivity index (χ0n) is 13.8. The third kappa shape index (κ3) is 3.91. The van der Waals surface area contributed by atoms with E-state index in [2.05, 4.69) is 21.4 Å². The Labute approximate surface area is 158 Å². The molecule has 0 radical (unpaired) electrons. The van der Waals surface area contributed by atoms with Crippen LogP contribution in [0.3, 0.4) is 0 Å². The minimum absolute atomic E-state index is 0. The fourth-order valence-electron chi connectivity index (χ4n) is 3.83. The molecule has 2 aromatic rings. The van der Waals surface area contributed by atoms with Crippen LogP contribution in [0.5, 0.6) is 0 Å². The van der Waals surface area contributed by atoms with Crippen molar-refractivity contribution in [2.24, 2.45) is 0 Å². The summed E-state index contributed by atoms with van der Waals surface area (Å²) in [6.07, 6.45) is 5.15. The highest BCUT2D eigenvalue weighted by atomic mass is 35.5. The number of carbonyl (C=O) groups excluding carboxylic acids is 1. The highest BCUT2D eigenvalue weighted by molar-refractivity contribution is 5.85. The zero-order valence-corrected chi connectivity index (χ0v) is 15.4. The molecule has 0 aromatic carbocycles. The predicted octanol–water partition coefficient (Wildman–Crippen LogP) is 2.81. The fourth-order valence-corrected chi connectivity index (χ4v) is 3.83. The predicted molar refractivity (Wildman–Crippen MR) is 100 cm³/mol. The van der Waals surface area contributed by atoms with Crippen LogP contribution in [0.25, 0.3) is 11.0 Å². The highest BCUT2D eigenvalue weighted by Gasteiger charge is 2.34. The molecule has 2 aliphatic rings. The third-order valence-electron chi connectivity index (χ3n) is 5.10. The molecule has 0 spiro atoms. The number of fused-ring (bicyclic) bond motifs is 1. The average Bonchev–Trinajstić information content (AvgIpc) is 3.21. The molecule has 0 aliphatic carbocycles. The minimum atomic E-state index is -0.889. The number of amides is 1. The first-order chi connectivity index (χ1) is 11.2. The van der Waals surface area contributed by atoms with Crippen LogP contribution < -0.4 is 5.32 Å². The summed E-state index contributed by atoms with van der Waals surface area (Å²) in [5.41, 5.74) is 2.22. The van der Waals surface area contributed by atoms with Crippen molar-refractivity contribution in [2.45, 2.75) is 37.4 Å². The van der Waals surface area contributed by atoms with Gasteiger partial charge in [-0.25, -0.2) is 9.37 Å². The number of aromatic nitrogens is 2. The molecular formula is C17H23Cl2FN4O. The van der Waals surface area contributed by atoms with Gasteiger partial charge in [-0.3, -0.25) is 4.79 Å². The summed E-state index contributed by atoms with van der Waals surface area (Å²) in [6, 6.07) is 3.71. The number of rotatable bonds is 2. The van der Waals surface area contributed by atoms with E-state index >= 15 is 0 Å². The number of nitrogens with zero attached hydrogens (tertiary/aromatic N) is 2. The number of hydrogen-bond acceptors (Lipinski definition) is 3. The number of alkyl halides is 1. The number of halogens is 3. The van der Waals surface area contributed by atoms with E-state index in [1.165, 1.54) is 10.9 Å². The number of pyridine rings is 1. The molecule has 2 aromatic heterocycles. The fraction of sp³-hybridized carbons (Fsp3) is 0.529. The lowest BCUT2D eigenvalue weighted by Gasteiger charge is -2.33. The monoisotopic (exact) mass is 388 g/mol. The number of likely N-dealkylation sites (tertiary alicyclic amines) is 1. The lowest BCUT2D eigenvalue weighted by atomic mass is 9.89. The summed E-state index contributed by atoms with van der Waals surface area (Å²) in [4.78, 5) is 21.9. The number of piperidine rings is 1. The standard InChI is InChI=1S/C17H21FN4O.2ClH/c18-12-8-15(20-9-12)17(23)22-6-3-11(4-7-22)14-10-21-16-13(14)2-1-5-19-16;;/h1-2,5,10-12,15,20H,3-4,6-9H2,(H,19,21);2*1H/t12-,15+;;/m0../s1. The smallest absolute Gasteiger partial charge is 0.239 e. The van der Waals surface area contributed by atoms with Gasteiger partial charge in [0.25, 0.3) is 0 Å². The Hall–Kier alpha value is -1.37. The molecule has 4 heterocycles. The Morgan fingerprint density at radius 1 is 1.28 bits per heavy atom. The molecule has 25 heavy (non-hydrogen) atoms. The maximum absolute atomic E-state index is 13.3. The van der Waals surface area contributed by atoms with Crippen LogP contribution in [0.1, 0.15) is 30.7 Å². The second-order valence-corrected chi connectivity index (χ2v) is 6.54. The van der Waals surface area contributed by atoms with E-state index < -0.39 is 6.17 Å². The first-order valence-corrected chi connectivity index (χ1v) is 8.30. The van der Waals surface area contributed by atoms with Crippen LogP contribution >= 0.6 is 24.8 Å². The van der Waals surface area contributed by atoms with Gasteiger partial charge < -0.3 is 15.2 Å². The summed E-state index contributed by atoms with van der Waals surface area (Å²) < 4.78 is 13.3. The molecule has 5 nitrogen and oxygen atoms in total. The van der Waals surface area contributed by atoms with Gasteiger partial charge in [-0.15, -0.1) is 24.8 Å². The number of aromatic amines is 1. The molecule has 0 unspecified atom stereocenters. The van der Waals surface area contributed by atoms with Gasteiger partial charge in [0.1, 0.15) is 11.8 Å². The molecule has 0 saturated carbocycles. The molecule has 2 fully saturated rings. The number of H-pyrrole nitrogens is 1. The summed E-state index contributed by atoms with van der Waals surface area (Å²) in [5, 5.41) is 4.16. The molecule has 8 heteroatoms.